The molecule has 1 saturated carbocycles. The monoisotopic (exact) mass is 235 g/mol. The lowest BCUT2D eigenvalue weighted by atomic mass is 9.89. The number of ether oxygens (including phenoxy) is 2. The minimum Gasteiger partial charge on any atom is -0.493 e. The fourth-order valence-corrected chi connectivity index (χ4v) is 2.55. The molecule has 17 heavy (non-hydrogen) atoms. The molecule has 3 nitrogen and oxygen atoms in total. The molecule has 2 N–H and O–H groups in total. The van der Waals surface area contributed by atoms with Crippen molar-refractivity contribution in [2.75, 3.05) is 13.7 Å². The van der Waals surface area contributed by atoms with Crippen molar-refractivity contribution < 1.29 is 9.47 Å². The van der Waals surface area contributed by atoms with Crippen molar-refractivity contribution >= 4 is 0 Å². The molecule has 0 heterocycles. The van der Waals surface area contributed by atoms with Crippen LogP contribution in [0, 0.1) is 0 Å². The average Bonchev–Trinajstić information content (AvgIpc) is 2.78. The molecular weight excluding hydrogens is 214 g/mol. The minimum atomic E-state index is -0.169. The van der Waals surface area contributed by atoms with Crippen LogP contribution in [0.5, 0.6) is 11.5 Å². The molecule has 0 unspecified atom stereocenters. The van der Waals surface area contributed by atoms with E-state index in [2.05, 4.69) is 6.07 Å². The Labute approximate surface area is 103 Å². The summed E-state index contributed by atoms with van der Waals surface area (Å²) < 4.78 is 10.9. The predicted molar refractivity (Wildman–Crippen MR) is 68.5 cm³/mol. The summed E-state index contributed by atoms with van der Waals surface area (Å²) in [6.07, 6.45) is 4.55. The zero-order valence-electron chi connectivity index (χ0n) is 10.7. The average molecular weight is 235 g/mol. The number of hydrogen-bond acceptors (Lipinski definition) is 3. The second-order valence-electron chi connectivity index (χ2n) is 4.66. The number of methoxy groups -OCH3 is 1. The normalized spacial score (nSPS) is 18.1. The van der Waals surface area contributed by atoms with Gasteiger partial charge in [-0.25, -0.2) is 0 Å². The van der Waals surface area contributed by atoms with Crippen LogP contribution in [0.25, 0.3) is 0 Å². The van der Waals surface area contributed by atoms with E-state index in [4.69, 9.17) is 15.2 Å². The van der Waals surface area contributed by atoms with E-state index in [1.165, 1.54) is 12.8 Å². The third kappa shape index (κ3) is 2.39. The minimum absolute atomic E-state index is 0.169. The summed E-state index contributed by atoms with van der Waals surface area (Å²) in [6.45, 7) is 2.61. The van der Waals surface area contributed by atoms with Crippen molar-refractivity contribution in [2.24, 2.45) is 5.73 Å². The Hall–Kier alpha value is -1.22. The lowest BCUT2D eigenvalue weighted by molar-refractivity contribution is 0.309. The summed E-state index contributed by atoms with van der Waals surface area (Å²) in [5.41, 5.74) is 7.43. The molecule has 3 heteroatoms. The van der Waals surface area contributed by atoms with E-state index >= 15 is 0 Å². The Kier molecular flexibility index (Phi) is 3.57. The molecule has 1 aliphatic carbocycles. The molecule has 0 spiro atoms. The van der Waals surface area contributed by atoms with Gasteiger partial charge in [-0.3, -0.25) is 0 Å². The fraction of sp³-hybridized carbons (Fsp3) is 0.571. The van der Waals surface area contributed by atoms with Crippen molar-refractivity contribution in [3.05, 3.63) is 23.8 Å². The number of nitrogens with two attached hydrogens (primary N) is 1. The highest BCUT2D eigenvalue weighted by atomic mass is 16.5. The molecule has 1 fully saturated rings. The smallest absolute Gasteiger partial charge is 0.161 e. The van der Waals surface area contributed by atoms with E-state index in [1.54, 1.807) is 7.11 Å². The van der Waals surface area contributed by atoms with Crippen LogP contribution in [0.1, 0.15) is 38.2 Å². The van der Waals surface area contributed by atoms with Gasteiger partial charge in [-0.2, -0.15) is 0 Å². The standard InChI is InChI=1S/C14H21NO2/c1-3-17-12-7-6-11(10-13(12)16-2)14(15)8-4-5-9-14/h6-7,10H,3-5,8-9,15H2,1-2H3. The fourth-order valence-electron chi connectivity index (χ4n) is 2.55. The van der Waals surface area contributed by atoms with Crippen molar-refractivity contribution in [3.8, 4) is 11.5 Å². The van der Waals surface area contributed by atoms with E-state index in [9.17, 15) is 0 Å². The summed E-state index contributed by atoms with van der Waals surface area (Å²) in [4.78, 5) is 0. The van der Waals surface area contributed by atoms with E-state index in [0.29, 0.717) is 6.61 Å². The first kappa shape index (κ1) is 12.2. The van der Waals surface area contributed by atoms with Gasteiger partial charge in [-0.15, -0.1) is 0 Å². The van der Waals surface area contributed by atoms with Gasteiger partial charge < -0.3 is 15.2 Å². The van der Waals surface area contributed by atoms with Crippen molar-refractivity contribution in [2.45, 2.75) is 38.1 Å². The summed E-state index contributed by atoms with van der Waals surface area (Å²) in [5.74, 6) is 1.57. The molecule has 94 valence electrons. The van der Waals surface area contributed by atoms with E-state index < -0.39 is 0 Å². The molecule has 0 aromatic heterocycles. The Morgan fingerprint density at radius 2 is 1.94 bits per heavy atom. The second kappa shape index (κ2) is 4.96. The molecule has 1 aromatic rings. The molecule has 0 radical (unpaired) electrons. The van der Waals surface area contributed by atoms with Crippen molar-refractivity contribution in [3.63, 3.8) is 0 Å². The van der Waals surface area contributed by atoms with Gasteiger partial charge in [0.25, 0.3) is 0 Å². The van der Waals surface area contributed by atoms with Crippen LogP contribution >= 0.6 is 0 Å². The Morgan fingerprint density at radius 1 is 1.24 bits per heavy atom. The Balaban J connectivity index is 2.30. The molecule has 0 saturated heterocycles. The summed E-state index contributed by atoms with van der Waals surface area (Å²) in [7, 11) is 1.67. The van der Waals surface area contributed by atoms with Crippen LogP contribution < -0.4 is 15.2 Å². The Morgan fingerprint density at radius 3 is 2.53 bits per heavy atom. The SMILES string of the molecule is CCOc1ccc(C2(N)CCCC2)cc1OC. The maximum absolute atomic E-state index is 6.43. The quantitative estimate of drug-likeness (QED) is 0.872. The Bertz CT molecular complexity index is 384. The van der Waals surface area contributed by atoms with Gasteiger partial charge in [0.15, 0.2) is 11.5 Å². The van der Waals surface area contributed by atoms with Crippen LogP contribution in [0.2, 0.25) is 0 Å². The van der Waals surface area contributed by atoms with Gasteiger partial charge in [0.05, 0.1) is 13.7 Å². The lowest BCUT2D eigenvalue weighted by Gasteiger charge is -2.25. The largest absolute Gasteiger partial charge is 0.493 e. The van der Waals surface area contributed by atoms with E-state index in [1.807, 2.05) is 19.1 Å². The number of benzene rings is 1. The highest BCUT2D eigenvalue weighted by Gasteiger charge is 2.31. The molecule has 1 aromatic carbocycles. The van der Waals surface area contributed by atoms with Crippen LogP contribution in [0.3, 0.4) is 0 Å². The molecule has 0 atom stereocenters. The molecular formula is C14H21NO2. The third-order valence-electron chi connectivity index (χ3n) is 3.53. The third-order valence-corrected chi connectivity index (χ3v) is 3.53. The first-order valence-electron chi connectivity index (χ1n) is 6.30. The van der Waals surface area contributed by atoms with Gasteiger partial charge in [0.2, 0.25) is 0 Å². The molecule has 2 rings (SSSR count). The summed E-state index contributed by atoms with van der Waals surface area (Å²) in [6, 6.07) is 6.06. The lowest BCUT2D eigenvalue weighted by Crippen LogP contribution is -2.32. The van der Waals surface area contributed by atoms with Gasteiger partial charge in [0, 0.05) is 5.54 Å². The van der Waals surface area contributed by atoms with E-state index in [-0.39, 0.29) is 5.54 Å². The van der Waals surface area contributed by atoms with Crippen LogP contribution in [0.4, 0.5) is 0 Å². The van der Waals surface area contributed by atoms with E-state index in [0.717, 1.165) is 29.9 Å². The zero-order chi connectivity index (χ0) is 12.3. The maximum Gasteiger partial charge on any atom is 0.161 e. The highest BCUT2D eigenvalue weighted by molar-refractivity contribution is 5.45. The van der Waals surface area contributed by atoms with Gasteiger partial charge in [-0.1, -0.05) is 18.9 Å². The van der Waals surface area contributed by atoms with Gasteiger partial charge in [-0.05, 0) is 37.5 Å². The molecule has 1 aliphatic rings. The molecule has 0 bridgehead atoms. The van der Waals surface area contributed by atoms with Crippen LogP contribution in [0.15, 0.2) is 18.2 Å². The second-order valence-corrected chi connectivity index (χ2v) is 4.66. The first-order valence-corrected chi connectivity index (χ1v) is 6.30. The van der Waals surface area contributed by atoms with Crippen LogP contribution in [-0.2, 0) is 5.54 Å². The number of hydrogen-bond donors (Lipinski definition) is 1. The van der Waals surface area contributed by atoms with Gasteiger partial charge in [0.1, 0.15) is 0 Å². The summed E-state index contributed by atoms with van der Waals surface area (Å²) in [5, 5.41) is 0. The highest BCUT2D eigenvalue weighted by Crippen LogP contribution is 2.39. The maximum atomic E-state index is 6.43. The predicted octanol–water partition coefficient (Wildman–Crippen LogP) is 2.82. The van der Waals surface area contributed by atoms with Crippen molar-refractivity contribution in [1.29, 1.82) is 0 Å². The summed E-state index contributed by atoms with van der Waals surface area (Å²) >= 11 is 0. The number of rotatable bonds is 4. The van der Waals surface area contributed by atoms with Crippen LogP contribution in [-0.4, -0.2) is 13.7 Å². The first-order chi connectivity index (χ1) is 8.19. The topological polar surface area (TPSA) is 44.5 Å². The molecule has 0 aliphatic heterocycles. The zero-order valence-corrected chi connectivity index (χ0v) is 10.7. The van der Waals surface area contributed by atoms with Gasteiger partial charge >= 0.3 is 0 Å². The molecule has 0 amide bonds. The van der Waals surface area contributed by atoms with Crippen molar-refractivity contribution in [1.82, 2.24) is 0 Å².